The number of carbonyl (C=O) groups excluding carboxylic acids is 2. The molecule has 1 aromatic carbocycles. The lowest BCUT2D eigenvalue weighted by Crippen LogP contribution is -2.37. The number of pyridine rings is 1. The Morgan fingerprint density at radius 1 is 1.19 bits per heavy atom. The molecule has 0 saturated carbocycles. The highest BCUT2D eigenvalue weighted by Gasteiger charge is 2.26. The quantitative estimate of drug-likeness (QED) is 0.492. The van der Waals surface area contributed by atoms with Gasteiger partial charge in [0.15, 0.2) is 5.82 Å². The van der Waals surface area contributed by atoms with E-state index >= 15 is 0 Å². The van der Waals surface area contributed by atoms with Crippen LogP contribution in [0, 0.1) is 0 Å². The van der Waals surface area contributed by atoms with Crippen molar-refractivity contribution >= 4 is 17.8 Å². The highest BCUT2D eigenvalue weighted by atomic mass is 16.6. The summed E-state index contributed by atoms with van der Waals surface area (Å²) in [4.78, 5) is 31.8. The van der Waals surface area contributed by atoms with Gasteiger partial charge < -0.3 is 29.4 Å². The molecule has 4 rings (SSSR count). The van der Waals surface area contributed by atoms with Crippen LogP contribution in [0.1, 0.15) is 55.7 Å². The van der Waals surface area contributed by atoms with Gasteiger partial charge in [-0.05, 0) is 62.6 Å². The Morgan fingerprint density at radius 2 is 1.97 bits per heavy atom. The van der Waals surface area contributed by atoms with Gasteiger partial charge >= 0.3 is 6.09 Å². The molecular weight excluding hydrogens is 476 g/mol. The van der Waals surface area contributed by atoms with E-state index in [1.807, 2.05) is 26.8 Å². The van der Waals surface area contributed by atoms with Crippen molar-refractivity contribution < 1.29 is 24.2 Å². The Labute approximate surface area is 216 Å². The van der Waals surface area contributed by atoms with Gasteiger partial charge in [-0.1, -0.05) is 13.5 Å². The number of ether oxygens (including phenoxy) is 2. The van der Waals surface area contributed by atoms with Crippen molar-refractivity contribution in [3.05, 3.63) is 53.3 Å². The van der Waals surface area contributed by atoms with Crippen molar-refractivity contribution in [3.63, 3.8) is 0 Å². The van der Waals surface area contributed by atoms with E-state index in [0.717, 1.165) is 11.1 Å². The summed E-state index contributed by atoms with van der Waals surface area (Å²) in [6.07, 6.45) is 1.58. The number of nitrogens with one attached hydrogen (secondary N) is 1. The lowest BCUT2D eigenvalue weighted by molar-refractivity contribution is 0.0730. The number of aromatic nitrogens is 4. The minimum absolute atomic E-state index is 0. The molecule has 0 unspecified atom stereocenters. The molecule has 0 aliphatic carbocycles. The fourth-order valence-electron chi connectivity index (χ4n) is 4.01. The Kier molecular flexibility index (Phi) is 8.82. The second-order valence-electron chi connectivity index (χ2n) is 8.88. The fraction of sp³-hybridized carbons (Fsp3) is 0.423. The molecule has 1 atom stereocenters. The van der Waals surface area contributed by atoms with Crippen molar-refractivity contribution in [2.24, 2.45) is 0 Å². The fourth-order valence-corrected chi connectivity index (χ4v) is 4.01. The zero-order chi connectivity index (χ0) is 25.8. The summed E-state index contributed by atoms with van der Waals surface area (Å²) in [5, 5.41) is 20.4. The van der Waals surface area contributed by atoms with Crippen LogP contribution in [-0.4, -0.2) is 68.1 Å². The zero-order valence-corrected chi connectivity index (χ0v) is 20.8. The number of hydrogen-bond donors (Lipinski definition) is 2. The van der Waals surface area contributed by atoms with Gasteiger partial charge in [0.1, 0.15) is 23.6 Å². The molecule has 1 aliphatic heterocycles. The molecule has 2 amide bonds. The van der Waals surface area contributed by atoms with Crippen LogP contribution in [-0.2, 0) is 17.7 Å². The minimum Gasteiger partial charge on any atom is -0.496 e. The Morgan fingerprint density at radius 3 is 2.68 bits per heavy atom. The topological polar surface area (TPSA) is 132 Å². The summed E-state index contributed by atoms with van der Waals surface area (Å²) in [5.41, 5.74) is 2.72. The smallest absolute Gasteiger partial charge is 0.410 e. The molecule has 0 fully saturated rings. The van der Waals surface area contributed by atoms with Crippen LogP contribution in [0.3, 0.4) is 0 Å². The standard InChI is InChI=1S/C25H30N6O5.CH4/c1-15(2)36-25(34)30-9-8-17-11-21(35-4)19(10-18(17)12-30)24(33)28-22-7-5-6-20(27-22)23-29-26-14-31(23)16(3)13-32;/h5-7,10-11,14-16,32H,8-9,12-13H2,1-4H3,(H,27,28,33);1H4/t16-;/m1./s1. The number of carbonyl (C=O) groups is 2. The molecule has 11 heteroatoms. The molecule has 0 bridgehead atoms. The third-order valence-corrected chi connectivity index (χ3v) is 5.91. The van der Waals surface area contributed by atoms with Gasteiger partial charge in [-0.15, -0.1) is 10.2 Å². The Bertz CT molecular complexity index is 1260. The lowest BCUT2D eigenvalue weighted by atomic mass is 9.96. The van der Waals surface area contributed by atoms with Gasteiger partial charge in [-0.2, -0.15) is 0 Å². The van der Waals surface area contributed by atoms with Crippen LogP contribution in [0.25, 0.3) is 11.5 Å². The molecule has 2 aromatic heterocycles. The zero-order valence-electron chi connectivity index (χ0n) is 20.8. The summed E-state index contributed by atoms with van der Waals surface area (Å²) in [5.74, 6) is 0.849. The van der Waals surface area contributed by atoms with Crippen LogP contribution in [0.4, 0.5) is 10.6 Å². The second kappa shape index (κ2) is 11.8. The van der Waals surface area contributed by atoms with Crippen LogP contribution in [0.2, 0.25) is 0 Å². The van der Waals surface area contributed by atoms with Crippen molar-refractivity contribution in [3.8, 4) is 17.3 Å². The van der Waals surface area contributed by atoms with E-state index in [9.17, 15) is 14.7 Å². The number of methoxy groups -OCH3 is 1. The first-order chi connectivity index (χ1) is 17.3. The number of anilines is 1. The molecule has 2 N–H and O–H groups in total. The molecule has 37 heavy (non-hydrogen) atoms. The third-order valence-electron chi connectivity index (χ3n) is 5.91. The normalized spacial score (nSPS) is 13.4. The van der Waals surface area contributed by atoms with Gasteiger partial charge in [-0.3, -0.25) is 4.79 Å². The summed E-state index contributed by atoms with van der Waals surface area (Å²) >= 11 is 0. The molecule has 1 aliphatic rings. The summed E-state index contributed by atoms with van der Waals surface area (Å²) < 4.78 is 12.5. The van der Waals surface area contributed by atoms with Crippen LogP contribution in [0.5, 0.6) is 5.75 Å². The molecule has 0 spiro atoms. The van der Waals surface area contributed by atoms with E-state index in [2.05, 4.69) is 20.5 Å². The maximum Gasteiger partial charge on any atom is 0.410 e. The number of hydrogen-bond acceptors (Lipinski definition) is 8. The first-order valence-electron chi connectivity index (χ1n) is 11.7. The number of benzene rings is 1. The van der Waals surface area contributed by atoms with E-state index in [4.69, 9.17) is 9.47 Å². The summed E-state index contributed by atoms with van der Waals surface area (Å²) in [7, 11) is 1.52. The van der Waals surface area contributed by atoms with Gasteiger partial charge in [0, 0.05) is 13.1 Å². The van der Waals surface area contributed by atoms with E-state index < -0.39 is 5.91 Å². The average molecular weight is 511 g/mol. The first-order valence-corrected chi connectivity index (χ1v) is 11.7. The summed E-state index contributed by atoms with van der Waals surface area (Å²) in [6, 6.07) is 8.55. The van der Waals surface area contributed by atoms with E-state index in [0.29, 0.717) is 48.2 Å². The molecule has 0 radical (unpaired) electrons. The monoisotopic (exact) mass is 510 g/mol. The van der Waals surface area contributed by atoms with E-state index in [1.54, 1.807) is 33.7 Å². The molecule has 11 nitrogen and oxygen atoms in total. The Hall–Kier alpha value is -3.99. The van der Waals surface area contributed by atoms with Gasteiger partial charge in [-0.25, -0.2) is 9.78 Å². The van der Waals surface area contributed by atoms with Crippen molar-refractivity contribution in [1.82, 2.24) is 24.6 Å². The van der Waals surface area contributed by atoms with Crippen LogP contribution >= 0.6 is 0 Å². The number of rotatable bonds is 7. The van der Waals surface area contributed by atoms with Gasteiger partial charge in [0.2, 0.25) is 0 Å². The minimum atomic E-state index is -0.397. The SMILES string of the molecule is C.COc1cc2c(cc1C(=O)Nc1cccc(-c3nncn3[C@H](C)CO)n1)CN(C(=O)OC(C)C)CC2. The molecular formula is C26H34N6O5. The molecule has 3 aromatic rings. The highest BCUT2D eigenvalue weighted by molar-refractivity contribution is 6.06. The molecule has 3 heterocycles. The number of aliphatic hydroxyl groups is 1. The summed E-state index contributed by atoms with van der Waals surface area (Å²) in [6.45, 7) is 6.25. The number of fused-ring (bicyclic) bond motifs is 1. The Balaban J connectivity index is 0.00000380. The lowest BCUT2D eigenvalue weighted by Gasteiger charge is -2.29. The average Bonchev–Trinajstić information content (AvgIpc) is 3.37. The van der Waals surface area contributed by atoms with Gasteiger partial charge in [0.25, 0.3) is 5.91 Å². The van der Waals surface area contributed by atoms with Crippen LogP contribution < -0.4 is 10.1 Å². The molecule has 0 saturated heterocycles. The van der Waals surface area contributed by atoms with Crippen molar-refractivity contribution in [1.29, 1.82) is 0 Å². The predicted octanol–water partition coefficient (Wildman–Crippen LogP) is 3.69. The number of aliphatic hydroxyl groups excluding tert-OH is 1. The van der Waals surface area contributed by atoms with Crippen LogP contribution in [0.15, 0.2) is 36.7 Å². The first kappa shape index (κ1) is 27.6. The van der Waals surface area contributed by atoms with Crippen molar-refractivity contribution in [2.45, 2.75) is 53.3 Å². The van der Waals surface area contributed by atoms with E-state index in [1.165, 1.54) is 13.4 Å². The third kappa shape index (κ3) is 6.05. The number of nitrogens with zero attached hydrogens (tertiary/aromatic N) is 5. The predicted molar refractivity (Wildman–Crippen MR) is 138 cm³/mol. The van der Waals surface area contributed by atoms with Crippen molar-refractivity contribution in [2.75, 3.05) is 25.6 Å². The maximum absolute atomic E-state index is 13.3. The van der Waals surface area contributed by atoms with Gasteiger partial charge in [0.05, 0.1) is 31.4 Å². The maximum atomic E-state index is 13.3. The highest BCUT2D eigenvalue weighted by Crippen LogP contribution is 2.29. The van der Waals surface area contributed by atoms with E-state index in [-0.39, 0.29) is 32.3 Å². The number of amides is 2. The molecule has 198 valence electrons. The second-order valence-corrected chi connectivity index (χ2v) is 8.88. The largest absolute Gasteiger partial charge is 0.496 e.